The van der Waals surface area contributed by atoms with Crippen LogP contribution in [0.1, 0.15) is 26.3 Å². The minimum absolute atomic E-state index is 0.414. The number of benzene rings is 2. The van der Waals surface area contributed by atoms with Crippen LogP contribution in [0.2, 0.25) is 0 Å². The van der Waals surface area contributed by atoms with Gasteiger partial charge in [0.2, 0.25) is 11.8 Å². The smallest absolute Gasteiger partial charge is 0.248 e. The summed E-state index contributed by atoms with van der Waals surface area (Å²) in [6, 6.07) is 8.66. The Morgan fingerprint density at radius 2 is 1.65 bits per heavy atom. The average molecular weight is 228 g/mol. The quantitative estimate of drug-likeness (QED) is 0.812. The van der Waals surface area contributed by atoms with Crippen molar-refractivity contribution in [2.75, 3.05) is 0 Å². The lowest BCUT2D eigenvalue weighted by Crippen LogP contribution is -2.13. The molecule has 4 nitrogen and oxygen atoms in total. The molecule has 0 bridgehead atoms. The zero-order chi connectivity index (χ0) is 12.6. The molecule has 0 saturated heterocycles. The number of nitrogens with two attached hydrogens (primary N) is 2. The second-order valence-corrected chi connectivity index (χ2v) is 3.96. The molecule has 0 atom stereocenters. The first-order chi connectivity index (χ1) is 7.99. The van der Waals surface area contributed by atoms with Gasteiger partial charge in [-0.25, -0.2) is 0 Å². The minimum Gasteiger partial charge on any atom is -0.366 e. The third-order valence-electron chi connectivity index (χ3n) is 2.73. The van der Waals surface area contributed by atoms with Gasteiger partial charge in [0.1, 0.15) is 0 Å². The van der Waals surface area contributed by atoms with Crippen molar-refractivity contribution in [1.82, 2.24) is 0 Å². The summed E-state index contributed by atoms with van der Waals surface area (Å²) in [4.78, 5) is 22.3. The summed E-state index contributed by atoms with van der Waals surface area (Å²) in [5.74, 6) is -0.970. The minimum atomic E-state index is -0.492. The van der Waals surface area contributed by atoms with Crippen molar-refractivity contribution >= 4 is 22.6 Å². The summed E-state index contributed by atoms with van der Waals surface area (Å²) >= 11 is 0. The Bertz CT molecular complexity index is 633. The third-order valence-corrected chi connectivity index (χ3v) is 2.73. The van der Waals surface area contributed by atoms with E-state index in [9.17, 15) is 9.59 Å². The molecule has 0 radical (unpaired) electrons. The molecule has 2 rings (SSSR count). The molecular weight excluding hydrogens is 216 g/mol. The van der Waals surface area contributed by atoms with Crippen LogP contribution in [0, 0.1) is 6.92 Å². The van der Waals surface area contributed by atoms with E-state index < -0.39 is 11.8 Å². The molecule has 0 spiro atoms. The van der Waals surface area contributed by atoms with Crippen molar-refractivity contribution in [3.63, 3.8) is 0 Å². The molecule has 0 aliphatic carbocycles. The summed E-state index contributed by atoms with van der Waals surface area (Å²) in [6.45, 7) is 1.82. The van der Waals surface area contributed by atoms with Gasteiger partial charge in [-0.1, -0.05) is 12.1 Å². The van der Waals surface area contributed by atoms with Gasteiger partial charge in [-0.3, -0.25) is 9.59 Å². The van der Waals surface area contributed by atoms with Gasteiger partial charge in [0.05, 0.1) is 0 Å². The molecule has 0 aliphatic heterocycles. The summed E-state index contributed by atoms with van der Waals surface area (Å²) in [5, 5.41) is 1.72. The van der Waals surface area contributed by atoms with Gasteiger partial charge in [-0.05, 0) is 41.5 Å². The fraction of sp³-hybridized carbons (Fsp3) is 0.0769. The number of aryl methyl sites for hydroxylation is 1. The highest BCUT2D eigenvalue weighted by atomic mass is 16.1. The molecule has 0 unspecified atom stereocenters. The molecule has 0 aliphatic rings. The lowest BCUT2D eigenvalue weighted by molar-refractivity contribution is 0.0992. The van der Waals surface area contributed by atoms with E-state index in [-0.39, 0.29) is 0 Å². The van der Waals surface area contributed by atoms with Crippen LogP contribution in [0.25, 0.3) is 10.8 Å². The molecule has 0 aromatic heterocycles. The number of primary amides is 2. The summed E-state index contributed by atoms with van der Waals surface area (Å²) in [7, 11) is 0. The maximum absolute atomic E-state index is 11.2. The highest BCUT2D eigenvalue weighted by molar-refractivity contribution is 6.02. The van der Waals surface area contributed by atoms with Crippen LogP contribution in [0.3, 0.4) is 0 Å². The standard InChI is InChI=1S/C13H12N2O2/c1-7-4-8-2-3-9(12(14)16)5-10(8)6-11(7)13(15)17/h2-6H,1H3,(H2,14,16)(H2,15,17). The van der Waals surface area contributed by atoms with Crippen LogP contribution in [-0.4, -0.2) is 11.8 Å². The van der Waals surface area contributed by atoms with Crippen LogP contribution in [0.5, 0.6) is 0 Å². The average Bonchev–Trinajstić information content (AvgIpc) is 2.27. The first kappa shape index (κ1) is 11.1. The normalized spacial score (nSPS) is 10.4. The van der Waals surface area contributed by atoms with E-state index in [1.54, 1.807) is 24.3 Å². The maximum Gasteiger partial charge on any atom is 0.248 e. The SMILES string of the molecule is Cc1cc2ccc(C(N)=O)cc2cc1C(N)=O. The summed E-state index contributed by atoms with van der Waals surface area (Å²) in [6.07, 6.45) is 0. The van der Waals surface area contributed by atoms with Crippen molar-refractivity contribution < 1.29 is 9.59 Å². The molecular formula is C13H12N2O2. The Hall–Kier alpha value is -2.36. The van der Waals surface area contributed by atoms with Crippen molar-refractivity contribution in [3.8, 4) is 0 Å². The first-order valence-corrected chi connectivity index (χ1v) is 5.13. The number of carbonyl (C=O) groups is 2. The number of hydrogen-bond donors (Lipinski definition) is 2. The number of fused-ring (bicyclic) bond motifs is 1. The van der Waals surface area contributed by atoms with Crippen LogP contribution < -0.4 is 11.5 Å². The van der Waals surface area contributed by atoms with E-state index in [0.717, 1.165) is 16.3 Å². The molecule has 4 heteroatoms. The monoisotopic (exact) mass is 228 g/mol. The summed E-state index contributed by atoms with van der Waals surface area (Å²) < 4.78 is 0. The number of hydrogen-bond acceptors (Lipinski definition) is 2. The Morgan fingerprint density at radius 3 is 2.24 bits per heavy atom. The van der Waals surface area contributed by atoms with Gasteiger partial charge in [0.15, 0.2) is 0 Å². The number of carbonyl (C=O) groups excluding carboxylic acids is 2. The summed E-state index contributed by atoms with van der Waals surface area (Å²) in [5.41, 5.74) is 12.2. The third kappa shape index (κ3) is 1.97. The number of rotatable bonds is 2. The van der Waals surface area contributed by atoms with Crippen molar-refractivity contribution in [1.29, 1.82) is 0 Å². The molecule has 17 heavy (non-hydrogen) atoms. The van der Waals surface area contributed by atoms with Crippen LogP contribution in [0.4, 0.5) is 0 Å². The molecule has 2 aromatic carbocycles. The molecule has 0 saturated carbocycles. The largest absolute Gasteiger partial charge is 0.366 e. The van der Waals surface area contributed by atoms with Gasteiger partial charge >= 0.3 is 0 Å². The van der Waals surface area contributed by atoms with Crippen molar-refractivity contribution in [3.05, 3.63) is 47.0 Å². The van der Waals surface area contributed by atoms with Crippen molar-refractivity contribution in [2.24, 2.45) is 11.5 Å². The zero-order valence-electron chi connectivity index (χ0n) is 9.36. The maximum atomic E-state index is 11.2. The van der Waals surface area contributed by atoms with Crippen LogP contribution in [-0.2, 0) is 0 Å². The second-order valence-electron chi connectivity index (χ2n) is 3.96. The van der Waals surface area contributed by atoms with E-state index in [1.807, 2.05) is 13.0 Å². The molecule has 4 N–H and O–H groups in total. The van der Waals surface area contributed by atoms with Crippen LogP contribution in [0.15, 0.2) is 30.3 Å². The lowest BCUT2D eigenvalue weighted by atomic mass is 9.99. The van der Waals surface area contributed by atoms with E-state index in [0.29, 0.717) is 11.1 Å². The molecule has 0 fully saturated rings. The van der Waals surface area contributed by atoms with E-state index in [2.05, 4.69) is 0 Å². The Balaban J connectivity index is 2.72. The van der Waals surface area contributed by atoms with E-state index in [4.69, 9.17) is 11.5 Å². The van der Waals surface area contributed by atoms with Crippen molar-refractivity contribution in [2.45, 2.75) is 6.92 Å². The Kier molecular flexibility index (Phi) is 2.55. The second kappa shape index (κ2) is 3.90. The lowest BCUT2D eigenvalue weighted by Gasteiger charge is -2.06. The fourth-order valence-electron chi connectivity index (χ4n) is 1.83. The van der Waals surface area contributed by atoms with Gasteiger partial charge in [-0.2, -0.15) is 0 Å². The van der Waals surface area contributed by atoms with Crippen LogP contribution >= 0.6 is 0 Å². The fourth-order valence-corrected chi connectivity index (χ4v) is 1.83. The highest BCUT2D eigenvalue weighted by Gasteiger charge is 2.08. The predicted molar refractivity (Wildman–Crippen MR) is 65.7 cm³/mol. The van der Waals surface area contributed by atoms with Gasteiger partial charge < -0.3 is 11.5 Å². The molecule has 2 aromatic rings. The van der Waals surface area contributed by atoms with E-state index in [1.165, 1.54) is 0 Å². The molecule has 0 heterocycles. The topological polar surface area (TPSA) is 86.2 Å². The number of amides is 2. The zero-order valence-corrected chi connectivity index (χ0v) is 9.36. The Morgan fingerprint density at radius 1 is 0.941 bits per heavy atom. The van der Waals surface area contributed by atoms with E-state index >= 15 is 0 Å². The molecule has 2 amide bonds. The Labute approximate surface area is 98.2 Å². The van der Waals surface area contributed by atoms with Gasteiger partial charge in [0.25, 0.3) is 0 Å². The first-order valence-electron chi connectivity index (χ1n) is 5.13. The predicted octanol–water partition coefficient (Wildman–Crippen LogP) is 1.35. The van der Waals surface area contributed by atoms with Gasteiger partial charge in [0, 0.05) is 11.1 Å². The molecule has 86 valence electrons. The highest BCUT2D eigenvalue weighted by Crippen LogP contribution is 2.21. The van der Waals surface area contributed by atoms with Gasteiger partial charge in [-0.15, -0.1) is 0 Å².